The smallest absolute Gasteiger partial charge is 0.213 e. The molecule has 0 radical (unpaired) electrons. The molecule has 0 atom stereocenters. The van der Waals surface area contributed by atoms with Crippen LogP contribution >= 0.6 is 0 Å². The molecule has 0 unspecified atom stereocenters. The second-order valence-corrected chi connectivity index (χ2v) is 3.42. The predicted molar refractivity (Wildman–Crippen MR) is 62.1 cm³/mol. The third-order valence-corrected chi connectivity index (χ3v) is 2.36. The highest BCUT2D eigenvalue weighted by Gasteiger charge is 2.00. The summed E-state index contributed by atoms with van der Waals surface area (Å²) in [6, 6.07) is 13.3. The quantitative estimate of drug-likeness (QED) is 0.853. The SMILES string of the molecule is COc1cccc(-c2ccc(CO)cc2)n1. The highest BCUT2D eigenvalue weighted by atomic mass is 16.5. The number of rotatable bonds is 3. The molecule has 2 rings (SSSR count). The van der Waals surface area contributed by atoms with E-state index in [1.807, 2.05) is 42.5 Å². The summed E-state index contributed by atoms with van der Waals surface area (Å²) in [5, 5.41) is 8.95. The van der Waals surface area contributed by atoms with Crippen molar-refractivity contribution >= 4 is 0 Å². The summed E-state index contributed by atoms with van der Waals surface area (Å²) in [5.74, 6) is 0.601. The maximum Gasteiger partial charge on any atom is 0.213 e. The molecule has 0 aliphatic heterocycles. The van der Waals surface area contributed by atoms with Crippen molar-refractivity contribution in [3.05, 3.63) is 48.0 Å². The fraction of sp³-hybridized carbons (Fsp3) is 0.154. The zero-order valence-corrected chi connectivity index (χ0v) is 9.05. The number of aromatic nitrogens is 1. The summed E-state index contributed by atoms with van der Waals surface area (Å²) < 4.78 is 5.07. The predicted octanol–water partition coefficient (Wildman–Crippen LogP) is 2.25. The second kappa shape index (κ2) is 4.77. The van der Waals surface area contributed by atoms with Crippen molar-refractivity contribution in [1.29, 1.82) is 0 Å². The number of benzene rings is 1. The first kappa shape index (κ1) is 10.6. The molecular formula is C13H13NO2. The molecule has 3 heteroatoms. The highest BCUT2D eigenvalue weighted by molar-refractivity contribution is 5.59. The van der Waals surface area contributed by atoms with Crippen molar-refractivity contribution in [2.75, 3.05) is 7.11 Å². The average Bonchev–Trinajstić information content (AvgIpc) is 2.39. The van der Waals surface area contributed by atoms with E-state index in [4.69, 9.17) is 9.84 Å². The Morgan fingerprint density at radius 3 is 2.50 bits per heavy atom. The Labute approximate surface area is 94.3 Å². The van der Waals surface area contributed by atoms with Gasteiger partial charge in [-0.05, 0) is 11.6 Å². The topological polar surface area (TPSA) is 42.4 Å². The van der Waals surface area contributed by atoms with E-state index in [0.717, 1.165) is 16.8 Å². The van der Waals surface area contributed by atoms with Gasteiger partial charge >= 0.3 is 0 Å². The maximum absolute atomic E-state index is 8.95. The monoisotopic (exact) mass is 215 g/mol. The summed E-state index contributed by atoms with van der Waals surface area (Å²) in [4.78, 5) is 4.33. The summed E-state index contributed by atoms with van der Waals surface area (Å²) in [6.45, 7) is 0.0613. The second-order valence-electron chi connectivity index (χ2n) is 3.42. The Morgan fingerprint density at radius 1 is 1.12 bits per heavy atom. The molecule has 0 amide bonds. The van der Waals surface area contributed by atoms with Gasteiger partial charge in [-0.25, -0.2) is 4.98 Å². The lowest BCUT2D eigenvalue weighted by Crippen LogP contribution is -1.90. The Hall–Kier alpha value is -1.87. The lowest BCUT2D eigenvalue weighted by molar-refractivity contribution is 0.282. The number of aliphatic hydroxyl groups is 1. The zero-order chi connectivity index (χ0) is 11.4. The van der Waals surface area contributed by atoms with Crippen molar-refractivity contribution in [1.82, 2.24) is 4.98 Å². The minimum absolute atomic E-state index is 0.0613. The van der Waals surface area contributed by atoms with E-state index in [-0.39, 0.29) is 6.61 Å². The Balaban J connectivity index is 2.34. The molecule has 0 aliphatic rings. The van der Waals surface area contributed by atoms with Crippen LogP contribution in [0.25, 0.3) is 11.3 Å². The summed E-state index contributed by atoms with van der Waals surface area (Å²) >= 11 is 0. The molecule has 82 valence electrons. The van der Waals surface area contributed by atoms with Gasteiger partial charge in [0.05, 0.1) is 19.4 Å². The van der Waals surface area contributed by atoms with E-state index < -0.39 is 0 Å². The third-order valence-electron chi connectivity index (χ3n) is 2.36. The highest BCUT2D eigenvalue weighted by Crippen LogP contribution is 2.20. The maximum atomic E-state index is 8.95. The van der Waals surface area contributed by atoms with Crippen LogP contribution in [-0.4, -0.2) is 17.2 Å². The van der Waals surface area contributed by atoms with Crippen LogP contribution in [0.5, 0.6) is 5.88 Å². The minimum Gasteiger partial charge on any atom is -0.481 e. The first-order valence-corrected chi connectivity index (χ1v) is 5.04. The number of nitrogens with zero attached hydrogens (tertiary/aromatic N) is 1. The Kier molecular flexibility index (Phi) is 3.17. The fourth-order valence-electron chi connectivity index (χ4n) is 1.47. The Morgan fingerprint density at radius 2 is 1.88 bits per heavy atom. The van der Waals surface area contributed by atoms with Crippen LogP contribution < -0.4 is 4.74 Å². The number of pyridine rings is 1. The third kappa shape index (κ3) is 2.20. The lowest BCUT2D eigenvalue weighted by Gasteiger charge is -2.04. The molecule has 0 fully saturated rings. The van der Waals surface area contributed by atoms with E-state index >= 15 is 0 Å². The van der Waals surface area contributed by atoms with Gasteiger partial charge in [-0.1, -0.05) is 30.3 Å². The van der Waals surface area contributed by atoms with Crippen LogP contribution in [0.1, 0.15) is 5.56 Å². The molecule has 2 aromatic rings. The van der Waals surface area contributed by atoms with Gasteiger partial charge < -0.3 is 9.84 Å². The van der Waals surface area contributed by atoms with E-state index in [2.05, 4.69) is 4.98 Å². The van der Waals surface area contributed by atoms with Crippen LogP contribution in [0.4, 0.5) is 0 Å². The van der Waals surface area contributed by atoms with Crippen LogP contribution in [-0.2, 0) is 6.61 Å². The number of ether oxygens (including phenoxy) is 1. The average molecular weight is 215 g/mol. The first-order chi connectivity index (χ1) is 7.83. The number of aliphatic hydroxyl groups excluding tert-OH is 1. The molecule has 0 saturated heterocycles. The molecule has 0 saturated carbocycles. The summed E-state index contributed by atoms with van der Waals surface area (Å²) in [6.07, 6.45) is 0. The standard InChI is InChI=1S/C13H13NO2/c1-16-13-4-2-3-12(14-13)11-7-5-10(9-15)6-8-11/h2-8,15H,9H2,1H3. The molecule has 16 heavy (non-hydrogen) atoms. The van der Waals surface area contributed by atoms with Gasteiger partial charge in [0.2, 0.25) is 5.88 Å². The molecule has 1 aromatic carbocycles. The molecule has 1 aromatic heterocycles. The van der Waals surface area contributed by atoms with Crippen LogP contribution in [0, 0.1) is 0 Å². The van der Waals surface area contributed by atoms with E-state index in [1.54, 1.807) is 7.11 Å². The van der Waals surface area contributed by atoms with Crippen molar-refractivity contribution in [3.8, 4) is 17.1 Å². The number of methoxy groups -OCH3 is 1. The van der Waals surface area contributed by atoms with Gasteiger partial charge in [-0.15, -0.1) is 0 Å². The molecule has 1 heterocycles. The molecule has 0 bridgehead atoms. The number of hydrogen-bond donors (Lipinski definition) is 1. The number of hydrogen-bond acceptors (Lipinski definition) is 3. The fourth-order valence-corrected chi connectivity index (χ4v) is 1.47. The zero-order valence-electron chi connectivity index (χ0n) is 9.05. The van der Waals surface area contributed by atoms with Crippen LogP contribution in [0.15, 0.2) is 42.5 Å². The summed E-state index contributed by atoms with van der Waals surface area (Å²) in [5.41, 5.74) is 2.77. The van der Waals surface area contributed by atoms with Crippen LogP contribution in [0.3, 0.4) is 0 Å². The van der Waals surface area contributed by atoms with E-state index in [9.17, 15) is 0 Å². The summed E-state index contributed by atoms with van der Waals surface area (Å²) in [7, 11) is 1.60. The van der Waals surface area contributed by atoms with Crippen molar-refractivity contribution in [3.63, 3.8) is 0 Å². The van der Waals surface area contributed by atoms with Gasteiger partial charge in [0, 0.05) is 11.6 Å². The van der Waals surface area contributed by atoms with Gasteiger partial charge in [0.1, 0.15) is 0 Å². The van der Waals surface area contributed by atoms with Gasteiger partial charge in [0.25, 0.3) is 0 Å². The van der Waals surface area contributed by atoms with Crippen molar-refractivity contribution < 1.29 is 9.84 Å². The largest absolute Gasteiger partial charge is 0.481 e. The van der Waals surface area contributed by atoms with Gasteiger partial charge in [-0.2, -0.15) is 0 Å². The molecule has 1 N–H and O–H groups in total. The Bertz CT molecular complexity index is 466. The van der Waals surface area contributed by atoms with Crippen molar-refractivity contribution in [2.24, 2.45) is 0 Å². The lowest BCUT2D eigenvalue weighted by atomic mass is 10.1. The first-order valence-electron chi connectivity index (χ1n) is 5.04. The molecular weight excluding hydrogens is 202 g/mol. The van der Waals surface area contributed by atoms with Gasteiger partial charge in [0.15, 0.2) is 0 Å². The van der Waals surface area contributed by atoms with E-state index in [0.29, 0.717) is 5.88 Å². The molecule has 0 aliphatic carbocycles. The van der Waals surface area contributed by atoms with E-state index in [1.165, 1.54) is 0 Å². The molecule has 3 nitrogen and oxygen atoms in total. The minimum atomic E-state index is 0.0613. The van der Waals surface area contributed by atoms with Gasteiger partial charge in [-0.3, -0.25) is 0 Å². The van der Waals surface area contributed by atoms with Crippen molar-refractivity contribution in [2.45, 2.75) is 6.61 Å². The normalized spacial score (nSPS) is 10.1. The molecule has 0 spiro atoms. The van der Waals surface area contributed by atoms with Crippen LogP contribution in [0.2, 0.25) is 0 Å².